The molecule has 1 fully saturated rings. The highest BCUT2D eigenvalue weighted by Crippen LogP contribution is 2.29. The van der Waals surface area contributed by atoms with Crippen LogP contribution in [0.25, 0.3) is 22.8 Å². The van der Waals surface area contributed by atoms with Crippen molar-refractivity contribution in [3.63, 3.8) is 0 Å². The Hall–Kier alpha value is -3.68. The van der Waals surface area contributed by atoms with Gasteiger partial charge < -0.3 is 20.4 Å². The van der Waals surface area contributed by atoms with Crippen LogP contribution in [0.2, 0.25) is 0 Å². The van der Waals surface area contributed by atoms with E-state index in [9.17, 15) is 14.0 Å². The molecule has 1 aliphatic rings. The van der Waals surface area contributed by atoms with Gasteiger partial charge in [0.05, 0.1) is 17.3 Å². The first kappa shape index (κ1) is 19.6. The number of nitrogens with one attached hydrogen (secondary N) is 1. The predicted molar refractivity (Wildman–Crippen MR) is 109 cm³/mol. The quantitative estimate of drug-likeness (QED) is 0.691. The minimum atomic E-state index is -0.445. The molecule has 2 heterocycles. The molecule has 0 radical (unpaired) electrons. The smallest absolute Gasteiger partial charge is 0.314 e. The largest absolute Gasteiger partial charge is 0.436 e. The van der Waals surface area contributed by atoms with Gasteiger partial charge in [0.1, 0.15) is 5.82 Å². The van der Waals surface area contributed by atoms with Gasteiger partial charge in [-0.1, -0.05) is 24.3 Å². The lowest BCUT2D eigenvalue weighted by Crippen LogP contribution is -2.48. The lowest BCUT2D eigenvalue weighted by Gasteiger charge is -2.31. The summed E-state index contributed by atoms with van der Waals surface area (Å²) in [6.45, 7) is 1.02. The average Bonchev–Trinajstić information content (AvgIpc) is 3.24. The molecule has 0 unspecified atom stereocenters. The number of nitrogens with zero attached hydrogens (tertiary/aromatic N) is 2. The predicted octanol–water partition coefficient (Wildman–Crippen LogP) is 3.42. The molecule has 0 bridgehead atoms. The molecule has 4 rings (SSSR count). The third kappa shape index (κ3) is 4.03. The lowest BCUT2D eigenvalue weighted by molar-refractivity contribution is 0.0919. The summed E-state index contributed by atoms with van der Waals surface area (Å²) in [6.07, 6.45) is 2.71. The van der Waals surface area contributed by atoms with Gasteiger partial charge in [0.2, 0.25) is 5.89 Å². The van der Waals surface area contributed by atoms with Gasteiger partial charge in [-0.2, -0.15) is 0 Å². The molecule has 7 nitrogen and oxygen atoms in total. The molecule has 2 aromatic carbocycles. The first-order valence-corrected chi connectivity index (χ1v) is 9.68. The molecule has 154 valence electrons. The van der Waals surface area contributed by atoms with Gasteiger partial charge in [0, 0.05) is 24.7 Å². The summed E-state index contributed by atoms with van der Waals surface area (Å²) in [7, 11) is 0. The molecule has 3 N–H and O–H groups in total. The van der Waals surface area contributed by atoms with E-state index in [0.29, 0.717) is 42.6 Å². The second-order valence-corrected chi connectivity index (χ2v) is 7.13. The van der Waals surface area contributed by atoms with Crippen molar-refractivity contribution in [1.29, 1.82) is 0 Å². The number of benzene rings is 2. The molecule has 3 aromatic rings. The van der Waals surface area contributed by atoms with Crippen LogP contribution in [0, 0.1) is 5.82 Å². The fourth-order valence-electron chi connectivity index (χ4n) is 3.56. The van der Waals surface area contributed by atoms with Crippen molar-refractivity contribution >= 4 is 11.9 Å². The molecule has 0 spiro atoms. The van der Waals surface area contributed by atoms with Crippen LogP contribution in [0.15, 0.2) is 59.1 Å². The maximum Gasteiger partial charge on any atom is 0.314 e. The summed E-state index contributed by atoms with van der Waals surface area (Å²) in [5, 5.41) is 3.01. The Kier molecular flexibility index (Phi) is 5.47. The Balaban J connectivity index is 1.53. The van der Waals surface area contributed by atoms with E-state index < -0.39 is 11.8 Å². The van der Waals surface area contributed by atoms with Crippen molar-refractivity contribution in [3.8, 4) is 22.8 Å². The van der Waals surface area contributed by atoms with Gasteiger partial charge in [-0.15, -0.1) is 0 Å². The zero-order valence-corrected chi connectivity index (χ0v) is 16.2. The van der Waals surface area contributed by atoms with Crippen molar-refractivity contribution in [2.45, 2.75) is 18.9 Å². The number of rotatable bonds is 4. The van der Waals surface area contributed by atoms with Gasteiger partial charge in [-0.25, -0.2) is 14.2 Å². The van der Waals surface area contributed by atoms with E-state index in [2.05, 4.69) is 10.3 Å². The van der Waals surface area contributed by atoms with Crippen LogP contribution < -0.4 is 11.1 Å². The van der Waals surface area contributed by atoms with Crippen molar-refractivity contribution in [1.82, 2.24) is 15.2 Å². The van der Waals surface area contributed by atoms with Crippen LogP contribution in [-0.4, -0.2) is 41.0 Å². The number of nitrogens with two attached hydrogens (primary N) is 1. The van der Waals surface area contributed by atoms with Crippen LogP contribution in [0.3, 0.4) is 0 Å². The van der Waals surface area contributed by atoms with E-state index in [1.54, 1.807) is 47.4 Å². The topological polar surface area (TPSA) is 101 Å². The Bertz CT molecular complexity index is 1070. The molecule has 1 aliphatic heterocycles. The number of oxazole rings is 1. The van der Waals surface area contributed by atoms with Gasteiger partial charge in [0.15, 0.2) is 5.76 Å². The van der Waals surface area contributed by atoms with Crippen molar-refractivity contribution in [2.75, 3.05) is 13.1 Å². The van der Waals surface area contributed by atoms with E-state index in [-0.39, 0.29) is 23.6 Å². The zero-order chi connectivity index (χ0) is 21.1. The minimum absolute atomic E-state index is 0.0558. The summed E-state index contributed by atoms with van der Waals surface area (Å²) in [5.41, 5.74) is 6.54. The highest BCUT2D eigenvalue weighted by molar-refractivity contribution is 6.00. The van der Waals surface area contributed by atoms with Crippen LogP contribution in [0.4, 0.5) is 9.18 Å². The maximum absolute atomic E-state index is 14.0. The molecule has 3 amide bonds. The average molecular weight is 408 g/mol. The second kappa shape index (κ2) is 8.36. The Labute approximate surface area is 172 Å². The number of primary amides is 1. The molecule has 0 atom stereocenters. The molecular formula is C22H21FN4O3. The zero-order valence-electron chi connectivity index (χ0n) is 16.2. The van der Waals surface area contributed by atoms with Gasteiger partial charge in [-0.05, 0) is 37.1 Å². The Morgan fingerprint density at radius 2 is 1.73 bits per heavy atom. The molecule has 1 saturated heterocycles. The number of hydrogen-bond acceptors (Lipinski definition) is 4. The lowest BCUT2D eigenvalue weighted by atomic mass is 10.0. The number of aromatic nitrogens is 1. The number of piperidine rings is 1. The molecule has 0 saturated carbocycles. The maximum atomic E-state index is 14.0. The molecule has 0 aliphatic carbocycles. The summed E-state index contributed by atoms with van der Waals surface area (Å²) >= 11 is 0. The minimum Gasteiger partial charge on any atom is -0.436 e. The van der Waals surface area contributed by atoms with E-state index >= 15 is 0 Å². The van der Waals surface area contributed by atoms with E-state index in [4.69, 9.17) is 10.2 Å². The number of likely N-dealkylation sites (tertiary alicyclic amines) is 1. The van der Waals surface area contributed by atoms with E-state index in [1.807, 2.05) is 0 Å². The molecule has 1 aromatic heterocycles. The third-order valence-corrected chi connectivity index (χ3v) is 5.19. The summed E-state index contributed by atoms with van der Waals surface area (Å²) in [6, 6.07) is 12.7. The number of carbonyl (C=O) groups is 2. The highest BCUT2D eigenvalue weighted by Gasteiger charge is 2.24. The monoisotopic (exact) mass is 408 g/mol. The third-order valence-electron chi connectivity index (χ3n) is 5.19. The first-order chi connectivity index (χ1) is 14.5. The molecular weight excluding hydrogens is 387 g/mol. The van der Waals surface area contributed by atoms with Gasteiger partial charge >= 0.3 is 6.03 Å². The summed E-state index contributed by atoms with van der Waals surface area (Å²) < 4.78 is 19.8. The normalized spacial score (nSPS) is 14.5. The van der Waals surface area contributed by atoms with Crippen LogP contribution in [0.5, 0.6) is 0 Å². The fourth-order valence-corrected chi connectivity index (χ4v) is 3.56. The number of hydrogen-bond donors (Lipinski definition) is 2. The van der Waals surface area contributed by atoms with Gasteiger partial charge in [-0.3, -0.25) is 4.79 Å². The number of urea groups is 1. The number of carbonyl (C=O) groups excluding carboxylic acids is 2. The summed E-state index contributed by atoms with van der Waals surface area (Å²) in [4.78, 5) is 30.0. The second-order valence-electron chi connectivity index (χ2n) is 7.13. The van der Waals surface area contributed by atoms with Crippen LogP contribution in [-0.2, 0) is 0 Å². The number of halogens is 1. The Morgan fingerprint density at radius 1 is 1.07 bits per heavy atom. The van der Waals surface area contributed by atoms with Crippen LogP contribution >= 0.6 is 0 Å². The standard InChI is InChI=1S/C22H21FN4O3/c23-18-8-4-3-7-17(18)19-13-25-21(30-19)16-6-2-1-5-15(16)20(28)26-14-9-11-27(12-10-14)22(24)29/h1-8,13-14H,9-12H2,(H2,24,29)(H,26,28). The van der Waals surface area contributed by atoms with Crippen LogP contribution in [0.1, 0.15) is 23.2 Å². The van der Waals surface area contributed by atoms with Crippen molar-refractivity contribution in [2.24, 2.45) is 5.73 Å². The fraction of sp³-hybridized carbons (Fsp3) is 0.227. The number of amides is 3. The van der Waals surface area contributed by atoms with Crippen molar-refractivity contribution < 1.29 is 18.4 Å². The Morgan fingerprint density at radius 3 is 2.43 bits per heavy atom. The highest BCUT2D eigenvalue weighted by atomic mass is 19.1. The summed E-state index contributed by atoms with van der Waals surface area (Å²) in [5.74, 6) is -0.137. The van der Waals surface area contributed by atoms with E-state index in [1.165, 1.54) is 12.3 Å². The molecule has 30 heavy (non-hydrogen) atoms. The van der Waals surface area contributed by atoms with E-state index in [0.717, 1.165) is 0 Å². The SMILES string of the molecule is NC(=O)N1CCC(NC(=O)c2ccccc2-c2ncc(-c3ccccc3F)o2)CC1. The van der Waals surface area contributed by atoms with Gasteiger partial charge in [0.25, 0.3) is 5.91 Å². The van der Waals surface area contributed by atoms with Crippen molar-refractivity contribution in [3.05, 3.63) is 66.1 Å². The first-order valence-electron chi connectivity index (χ1n) is 9.68. The molecule has 8 heteroatoms.